The van der Waals surface area contributed by atoms with Crippen LogP contribution in [0.3, 0.4) is 0 Å². The molecule has 0 radical (unpaired) electrons. The molecule has 54 valence electrons. The molecule has 0 aromatic carbocycles. The van der Waals surface area contributed by atoms with Crippen molar-refractivity contribution in [2.45, 2.75) is 19.0 Å². The van der Waals surface area contributed by atoms with Crippen molar-refractivity contribution in [3.05, 3.63) is 12.3 Å². The van der Waals surface area contributed by atoms with Gasteiger partial charge in [-0.2, -0.15) is 0 Å². The van der Waals surface area contributed by atoms with E-state index in [1.54, 1.807) is 0 Å². The summed E-state index contributed by atoms with van der Waals surface area (Å²) in [7, 11) is 2.15. The Morgan fingerprint density at radius 1 is 1.60 bits per heavy atom. The fourth-order valence-electron chi connectivity index (χ4n) is 1.77. The highest BCUT2D eigenvalue weighted by molar-refractivity contribution is 5.66. The molecule has 0 N–H and O–H groups in total. The molecule has 0 saturated carbocycles. The fraction of sp³-hybridized carbons (Fsp3) is 0.625. The molecule has 2 aliphatic heterocycles. The quantitative estimate of drug-likeness (QED) is 0.444. The van der Waals surface area contributed by atoms with Crippen molar-refractivity contribution in [3.63, 3.8) is 0 Å². The van der Waals surface area contributed by atoms with E-state index < -0.39 is 0 Å². The normalized spacial score (nSPS) is 30.3. The van der Waals surface area contributed by atoms with Crippen molar-refractivity contribution in [2.75, 3.05) is 13.6 Å². The zero-order valence-corrected chi connectivity index (χ0v) is 6.33. The smallest absolute Gasteiger partial charge is 0.227 e. The monoisotopic (exact) mass is 137 g/mol. The van der Waals surface area contributed by atoms with Crippen LogP contribution in [0.15, 0.2) is 12.3 Å². The van der Waals surface area contributed by atoms with Crippen LogP contribution in [0.5, 0.6) is 0 Å². The highest BCUT2D eigenvalue weighted by atomic mass is 15.3. The maximum absolute atomic E-state index is 2.40. The third-order valence-electron chi connectivity index (χ3n) is 2.33. The second-order valence-electron chi connectivity index (χ2n) is 3.02. The first-order chi connectivity index (χ1) is 4.88. The SMILES string of the molecule is C[N+]1=CC=CN2CCCC21. The van der Waals surface area contributed by atoms with Crippen LogP contribution >= 0.6 is 0 Å². The zero-order valence-electron chi connectivity index (χ0n) is 6.33. The first-order valence-electron chi connectivity index (χ1n) is 3.87. The van der Waals surface area contributed by atoms with E-state index in [9.17, 15) is 0 Å². The molecule has 0 aromatic rings. The Balaban J connectivity index is 2.24. The van der Waals surface area contributed by atoms with Crippen molar-refractivity contribution in [1.29, 1.82) is 0 Å². The summed E-state index contributed by atoms with van der Waals surface area (Å²) >= 11 is 0. The minimum Gasteiger partial charge on any atom is -0.321 e. The molecule has 1 unspecified atom stereocenters. The third-order valence-corrected chi connectivity index (χ3v) is 2.33. The topological polar surface area (TPSA) is 6.25 Å². The van der Waals surface area contributed by atoms with Gasteiger partial charge in [0.25, 0.3) is 0 Å². The predicted octanol–water partition coefficient (Wildman–Crippen LogP) is 0.649. The van der Waals surface area contributed by atoms with Gasteiger partial charge < -0.3 is 4.90 Å². The lowest BCUT2D eigenvalue weighted by molar-refractivity contribution is -0.554. The highest BCUT2D eigenvalue weighted by Gasteiger charge is 2.29. The van der Waals surface area contributed by atoms with Crippen LogP contribution in [0.25, 0.3) is 0 Å². The van der Waals surface area contributed by atoms with E-state index in [-0.39, 0.29) is 0 Å². The number of fused-ring (bicyclic) bond motifs is 1. The van der Waals surface area contributed by atoms with E-state index in [4.69, 9.17) is 0 Å². The van der Waals surface area contributed by atoms with Crippen molar-refractivity contribution in [3.8, 4) is 0 Å². The maximum Gasteiger partial charge on any atom is 0.227 e. The maximum atomic E-state index is 2.40. The average Bonchev–Trinajstić information content (AvgIpc) is 2.36. The number of hydrogen-bond donors (Lipinski definition) is 0. The lowest BCUT2D eigenvalue weighted by Gasteiger charge is -2.20. The van der Waals surface area contributed by atoms with Gasteiger partial charge in [0.1, 0.15) is 7.05 Å². The molecule has 10 heavy (non-hydrogen) atoms. The van der Waals surface area contributed by atoms with Crippen LogP contribution in [-0.4, -0.2) is 35.4 Å². The molecule has 0 aliphatic carbocycles. The molecule has 1 fully saturated rings. The molecular formula is C8H13N2+. The van der Waals surface area contributed by atoms with Gasteiger partial charge in [0.2, 0.25) is 6.17 Å². The van der Waals surface area contributed by atoms with Crippen molar-refractivity contribution in [2.24, 2.45) is 0 Å². The molecule has 1 atom stereocenters. The summed E-state index contributed by atoms with van der Waals surface area (Å²) in [6.45, 7) is 1.24. The van der Waals surface area contributed by atoms with Gasteiger partial charge in [-0.3, -0.25) is 0 Å². The van der Waals surface area contributed by atoms with E-state index in [0.29, 0.717) is 6.17 Å². The second-order valence-corrected chi connectivity index (χ2v) is 3.02. The van der Waals surface area contributed by atoms with Crippen molar-refractivity contribution in [1.82, 2.24) is 4.90 Å². The molecule has 0 amide bonds. The molecule has 1 saturated heterocycles. The first kappa shape index (κ1) is 5.96. The fourth-order valence-corrected chi connectivity index (χ4v) is 1.77. The van der Waals surface area contributed by atoms with Gasteiger partial charge in [-0.1, -0.05) is 0 Å². The lowest BCUT2D eigenvalue weighted by atomic mass is 10.3. The van der Waals surface area contributed by atoms with Gasteiger partial charge in [0.15, 0.2) is 6.21 Å². The van der Waals surface area contributed by atoms with Gasteiger partial charge in [-0.25, -0.2) is 4.58 Å². The largest absolute Gasteiger partial charge is 0.321 e. The van der Waals surface area contributed by atoms with Crippen LogP contribution < -0.4 is 0 Å². The molecule has 2 heteroatoms. The molecular weight excluding hydrogens is 124 g/mol. The van der Waals surface area contributed by atoms with Gasteiger partial charge >= 0.3 is 0 Å². The van der Waals surface area contributed by atoms with Gasteiger partial charge in [-0.05, 0) is 6.42 Å². The van der Waals surface area contributed by atoms with E-state index in [2.05, 4.69) is 35.0 Å². The van der Waals surface area contributed by atoms with Crippen molar-refractivity contribution < 1.29 is 4.58 Å². The molecule has 2 heterocycles. The van der Waals surface area contributed by atoms with Crippen LogP contribution in [0.1, 0.15) is 12.8 Å². The Morgan fingerprint density at radius 3 is 3.30 bits per heavy atom. The Bertz CT molecular complexity index is 193. The summed E-state index contributed by atoms with van der Waals surface area (Å²) < 4.78 is 2.28. The van der Waals surface area contributed by atoms with E-state index in [1.165, 1.54) is 19.4 Å². The Labute approximate surface area is 61.5 Å². The van der Waals surface area contributed by atoms with Crippen LogP contribution in [0.2, 0.25) is 0 Å². The molecule has 2 rings (SSSR count). The number of rotatable bonds is 0. The number of nitrogens with zero attached hydrogens (tertiary/aromatic N) is 2. The van der Waals surface area contributed by atoms with Gasteiger partial charge in [-0.15, -0.1) is 0 Å². The van der Waals surface area contributed by atoms with Crippen molar-refractivity contribution >= 4 is 6.21 Å². The van der Waals surface area contributed by atoms with Gasteiger partial charge in [0, 0.05) is 25.2 Å². The predicted molar refractivity (Wildman–Crippen MR) is 41.1 cm³/mol. The Kier molecular flexibility index (Phi) is 1.26. The van der Waals surface area contributed by atoms with E-state index in [1.807, 2.05) is 0 Å². The highest BCUT2D eigenvalue weighted by Crippen LogP contribution is 2.18. The minimum atomic E-state index is 0.657. The standard InChI is InChI=1S/C8H13N2/c1-9-5-3-7-10-6-2-4-8(9)10/h3,5,7-8H,2,4,6H2,1H3/q+1. The number of hydrogen-bond acceptors (Lipinski definition) is 1. The Morgan fingerprint density at radius 2 is 2.50 bits per heavy atom. The molecule has 2 nitrogen and oxygen atoms in total. The summed E-state index contributed by atoms with van der Waals surface area (Å²) in [5, 5.41) is 0. The summed E-state index contributed by atoms with van der Waals surface area (Å²) in [5.74, 6) is 0. The van der Waals surface area contributed by atoms with E-state index >= 15 is 0 Å². The molecule has 2 aliphatic rings. The zero-order chi connectivity index (χ0) is 6.97. The molecule has 0 aromatic heterocycles. The minimum absolute atomic E-state index is 0.657. The van der Waals surface area contributed by atoms with E-state index in [0.717, 1.165) is 0 Å². The van der Waals surface area contributed by atoms with Crippen LogP contribution in [0, 0.1) is 0 Å². The average molecular weight is 137 g/mol. The van der Waals surface area contributed by atoms with Gasteiger partial charge in [0.05, 0.1) is 0 Å². The third kappa shape index (κ3) is 0.753. The summed E-state index contributed by atoms with van der Waals surface area (Å²) in [5.41, 5.74) is 0. The lowest BCUT2D eigenvalue weighted by Crippen LogP contribution is -2.36. The first-order valence-corrected chi connectivity index (χ1v) is 3.87. The Hall–Kier alpha value is -0.790. The second kappa shape index (κ2) is 2.11. The summed E-state index contributed by atoms with van der Waals surface area (Å²) in [6, 6.07) is 0. The number of allylic oxidation sites excluding steroid dienone is 1. The molecule has 0 bridgehead atoms. The van der Waals surface area contributed by atoms with Crippen LogP contribution in [-0.2, 0) is 0 Å². The molecule has 0 spiro atoms. The van der Waals surface area contributed by atoms with Crippen LogP contribution in [0.4, 0.5) is 0 Å². The summed E-state index contributed by atoms with van der Waals surface area (Å²) in [6.07, 6.45) is 9.77. The summed E-state index contributed by atoms with van der Waals surface area (Å²) in [4.78, 5) is 2.40.